The zero-order valence-electron chi connectivity index (χ0n) is 10.9. The molecule has 0 radical (unpaired) electrons. The van der Waals surface area contributed by atoms with Crippen molar-refractivity contribution in [2.24, 2.45) is 0 Å². The lowest BCUT2D eigenvalue weighted by molar-refractivity contribution is -0.154. The third kappa shape index (κ3) is 2.99. The molecule has 0 aliphatic carbocycles. The highest BCUT2D eigenvalue weighted by atomic mass is 16.5. The van der Waals surface area contributed by atoms with Gasteiger partial charge in [-0.15, -0.1) is 0 Å². The summed E-state index contributed by atoms with van der Waals surface area (Å²) in [5.74, 6) is 0.0360. The van der Waals surface area contributed by atoms with Crippen LogP contribution < -0.4 is 4.74 Å². The second kappa shape index (κ2) is 5.21. The molecule has 0 bridgehead atoms. The first-order valence-electron chi connectivity index (χ1n) is 5.92. The molecule has 1 unspecified atom stereocenters. The Bertz CT molecular complexity index is 398. The van der Waals surface area contributed by atoms with Crippen LogP contribution in [-0.4, -0.2) is 16.7 Å². The summed E-state index contributed by atoms with van der Waals surface area (Å²) in [4.78, 5) is 11.2. The Morgan fingerprint density at radius 3 is 2.47 bits per heavy atom. The Kier molecular flexibility index (Phi) is 4.16. The van der Waals surface area contributed by atoms with E-state index in [1.54, 1.807) is 6.92 Å². The molecule has 17 heavy (non-hydrogen) atoms. The van der Waals surface area contributed by atoms with Crippen LogP contribution in [0.5, 0.6) is 5.75 Å². The zero-order chi connectivity index (χ0) is 13.1. The van der Waals surface area contributed by atoms with Crippen molar-refractivity contribution in [3.05, 3.63) is 29.8 Å². The van der Waals surface area contributed by atoms with Gasteiger partial charge >= 0.3 is 5.97 Å². The number of ether oxygens (including phenoxy) is 1. The molecule has 0 aliphatic heterocycles. The number of carboxylic acids is 1. The highest BCUT2D eigenvalue weighted by Gasteiger charge is 2.34. The van der Waals surface area contributed by atoms with Gasteiger partial charge in [0.15, 0.2) is 0 Å². The first-order chi connectivity index (χ1) is 7.90. The number of rotatable bonds is 5. The van der Waals surface area contributed by atoms with Crippen molar-refractivity contribution >= 4 is 5.97 Å². The number of carboxylic acid groups (broad SMARTS) is 1. The molecule has 0 aromatic heterocycles. The Balaban J connectivity index is 3.06. The van der Waals surface area contributed by atoms with E-state index in [-0.39, 0.29) is 0 Å². The number of hydrogen-bond donors (Lipinski definition) is 1. The molecule has 0 heterocycles. The molecule has 1 N–H and O–H groups in total. The van der Waals surface area contributed by atoms with Gasteiger partial charge in [0.05, 0.1) is 0 Å². The van der Waals surface area contributed by atoms with Gasteiger partial charge in [-0.1, -0.05) is 39.0 Å². The van der Waals surface area contributed by atoms with E-state index < -0.39 is 11.6 Å². The predicted molar refractivity (Wildman–Crippen MR) is 67.5 cm³/mol. The van der Waals surface area contributed by atoms with E-state index in [1.807, 2.05) is 31.2 Å². The highest BCUT2D eigenvalue weighted by molar-refractivity contribution is 5.77. The van der Waals surface area contributed by atoms with Gasteiger partial charge < -0.3 is 9.84 Å². The molecule has 1 rings (SSSR count). The average molecular weight is 236 g/mol. The summed E-state index contributed by atoms with van der Waals surface area (Å²) < 4.78 is 5.71. The number of benzene rings is 1. The molecule has 0 amide bonds. The van der Waals surface area contributed by atoms with Gasteiger partial charge in [-0.25, -0.2) is 4.79 Å². The van der Waals surface area contributed by atoms with Gasteiger partial charge in [0.25, 0.3) is 0 Å². The maximum atomic E-state index is 11.2. The number of para-hydroxylation sites is 1. The zero-order valence-corrected chi connectivity index (χ0v) is 10.9. The number of aliphatic carboxylic acids is 1. The summed E-state index contributed by atoms with van der Waals surface area (Å²) in [5.41, 5.74) is -0.126. The van der Waals surface area contributed by atoms with Crippen LogP contribution >= 0.6 is 0 Å². The van der Waals surface area contributed by atoms with Crippen LogP contribution in [0.2, 0.25) is 0 Å². The third-order valence-corrected chi connectivity index (χ3v) is 3.00. The van der Waals surface area contributed by atoms with Crippen LogP contribution in [0.25, 0.3) is 0 Å². The Labute approximate surface area is 102 Å². The third-order valence-electron chi connectivity index (χ3n) is 3.00. The first-order valence-corrected chi connectivity index (χ1v) is 5.92. The fourth-order valence-electron chi connectivity index (χ4n) is 1.56. The smallest absolute Gasteiger partial charge is 0.347 e. The summed E-state index contributed by atoms with van der Waals surface area (Å²) in [6, 6.07) is 7.59. The minimum Gasteiger partial charge on any atom is -0.478 e. The molecular weight excluding hydrogens is 216 g/mol. The van der Waals surface area contributed by atoms with Crippen molar-refractivity contribution in [3.8, 4) is 5.75 Å². The topological polar surface area (TPSA) is 46.5 Å². The van der Waals surface area contributed by atoms with E-state index >= 15 is 0 Å². The average Bonchev–Trinajstić information content (AvgIpc) is 2.29. The van der Waals surface area contributed by atoms with Crippen LogP contribution in [0.1, 0.15) is 45.6 Å². The van der Waals surface area contributed by atoms with Crippen LogP contribution in [-0.2, 0) is 4.79 Å². The van der Waals surface area contributed by atoms with E-state index in [1.165, 1.54) is 0 Å². The lowest BCUT2D eigenvalue weighted by Crippen LogP contribution is -2.41. The van der Waals surface area contributed by atoms with Crippen molar-refractivity contribution < 1.29 is 14.6 Å². The lowest BCUT2D eigenvalue weighted by Gasteiger charge is -2.26. The molecule has 1 atom stereocenters. The summed E-state index contributed by atoms with van der Waals surface area (Å²) >= 11 is 0. The van der Waals surface area contributed by atoms with Crippen molar-refractivity contribution in [2.45, 2.75) is 45.6 Å². The van der Waals surface area contributed by atoms with Crippen molar-refractivity contribution in [3.63, 3.8) is 0 Å². The van der Waals surface area contributed by atoms with Crippen molar-refractivity contribution in [2.75, 3.05) is 0 Å². The quantitative estimate of drug-likeness (QED) is 0.851. The molecule has 0 aliphatic rings. The number of carbonyl (C=O) groups is 1. The predicted octanol–water partition coefficient (Wildman–Crippen LogP) is 3.44. The summed E-state index contributed by atoms with van der Waals surface area (Å²) in [6.45, 7) is 7.54. The van der Waals surface area contributed by atoms with Gasteiger partial charge in [-0.2, -0.15) is 0 Å². The van der Waals surface area contributed by atoms with Gasteiger partial charge in [-0.05, 0) is 30.9 Å². The molecule has 94 valence electrons. The van der Waals surface area contributed by atoms with Crippen LogP contribution in [0.4, 0.5) is 0 Å². The normalized spacial score (nSPS) is 14.4. The van der Waals surface area contributed by atoms with E-state index in [4.69, 9.17) is 4.74 Å². The van der Waals surface area contributed by atoms with E-state index in [9.17, 15) is 9.90 Å². The Hall–Kier alpha value is -1.51. The van der Waals surface area contributed by atoms with Gasteiger partial charge in [0.1, 0.15) is 5.75 Å². The second-order valence-corrected chi connectivity index (χ2v) is 4.68. The van der Waals surface area contributed by atoms with Crippen LogP contribution in [0, 0.1) is 0 Å². The van der Waals surface area contributed by atoms with E-state index in [2.05, 4.69) is 13.8 Å². The summed E-state index contributed by atoms with van der Waals surface area (Å²) in [5, 5.41) is 9.20. The standard InChI is InChI=1S/C14H20O3/c1-5-14(4,13(15)16)17-12-9-7-6-8-11(12)10(2)3/h6-10H,5H2,1-4H3,(H,15,16). The monoisotopic (exact) mass is 236 g/mol. The molecule has 0 saturated heterocycles. The molecule has 0 spiro atoms. The Morgan fingerprint density at radius 2 is 2.00 bits per heavy atom. The Morgan fingerprint density at radius 1 is 1.41 bits per heavy atom. The molecule has 0 saturated carbocycles. The second-order valence-electron chi connectivity index (χ2n) is 4.68. The molecule has 0 fully saturated rings. The van der Waals surface area contributed by atoms with Gasteiger partial charge in [0, 0.05) is 0 Å². The minimum absolute atomic E-state index is 0.307. The van der Waals surface area contributed by atoms with Gasteiger partial charge in [0.2, 0.25) is 5.60 Å². The first kappa shape index (κ1) is 13.6. The molecular formula is C14H20O3. The SMILES string of the molecule is CCC(C)(Oc1ccccc1C(C)C)C(=O)O. The summed E-state index contributed by atoms with van der Waals surface area (Å²) in [7, 11) is 0. The molecule has 3 nitrogen and oxygen atoms in total. The molecule has 1 aromatic rings. The maximum Gasteiger partial charge on any atom is 0.347 e. The molecule has 1 aromatic carbocycles. The van der Waals surface area contributed by atoms with Crippen molar-refractivity contribution in [1.82, 2.24) is 0 Å². The number of hydrogen-bond acceptors (Lipinski definition) is 2. The largest absolute Gasteiger partial charge is 0.478 e. The minimum atomic E-state index is -1.16. The fourth-order valence-corrected chi connectivity index (χ4v) is 1.56. The van der Waals surface area contributed by atoms with Crippen LogP contribution in [0.15, 0.2) is 24.3 Å². The fraction of sp³-hybridized carbons (Fsp3) is 0.500. The van der Waals surface area contributed by atoms with E-state index in [0.29, 0.717) is 18.1 Å². The van der Waals surface area contributed by atoms with Crippen LogP contribution in [0.3, 0.4) is 0 Å². The molecule has 3 heteroatoms. The summed E-state index contributed by atoms with van der Waals surface area (Å²) in [6.07, 6.45) is 0.425. The van der Waals surface area contributed by atoms with E-state index in [0.717, 1.165) is 5.56 Å². The van der Waals surface area contributed by atoms with Gasteiger partial charge in [-0.3, -0.25) is 0 Å². The van der Waals surface area contributed by atoms with Crippen molar-refractivity contribution in [1.29, 1.82) is 0 Å². The lowest BCUT2D eigenvalue weighted by atomic mass is 10.0. The maximum absolute atomic E-state index is 11.2. The highest BCUT2D eigenvalue weighted by Crippen LogP contribution is 2.30.